The van der Waals surface area contributed by atoms with E-state index in [-0.39, 0.29) is 0 Å². The maximum absolute atomic E-state index is 4.51. The highest BCUT2D eigenvalue weighted by atomic mass is 15.4. The lowest BCUT2D eigenvalue weighted by Crippen LogP contribution is -2.17. The number of hydrogen-bond acceptors (Lipinski definition) is 4. The van der Waals surface area contributed by atoms with Crippen molar-refractivity contribution in [2.45, 2.75) is 39.9 Å². The van der Waals surface area contributed by atoms with Crippen LogP contribution in [0.3, 0.4) is 0 Å². The molecule has 0 fully saturated rings. The molecule has 0 amide bonds. The molecule has 0 unspecified atom stereocenters. The van der Waals surface area contributed by atoms with E-state index in [1.165, 1.54) is 0 Å². The number of rotatable bonds is 6. The summed E-state index contributed by atoms with van der Waals surface area (Å²) < 4.78 is 3.84. The quantitative estimate of drug-likeness (QED) is 0.835. The monoisotopic (exact) mass is 248 g/mol. The van der Waals surface area contributed by atoms with Crippen molar-refractivity contribution in [2.24, 2.45) is 0 Å². The van der Waals surface area contributed by atoms with Gasteiger partial charge in [0.2, 0.25) is 0 Å². The third-order valence-corrected chi connectivity index (χ3v) is 2.73. The standard InChI is InChI=1S/C12H20N6/c1-4-13-7-12-14-9-15-18(12)8-11-5-6-17(16-11)10(2)3/h5-6,9-10,13H,4,7-8H2,1-3H3. The molecule has 0 radical (unpaired) electrons. The first-order valence-electron chi connectivity index (χ1n) is 6.32. The minimum absolute atomic E-state index is 0.385. The van der Waals surface area contributed by atoms with Gasteiger partial charge in [-0.25, -0.2) is 9.67 Å². The van der Waals surface area contributed by atoms with Crippen molar-refractivity contribution in [3.8, 4) is 0 Å². The second-order valence-electron chi connectivity index (χ2n) is 4.50. The lowest BCUT2D eigenvalue weighted by atomic mass is 10.4. The van der Waals surface area contributed by atoms with Gasteiger partial charge in [-0.3, -0.25) is 4.68 Å². The second-order valence-corrected chi connectivity index (χ2v) is 4.50. The average molecular weight is 248 g/mol. The van der Waals surface area contributed by atoms with Crippen molar-refractivity contribution in [1.82, 2.24) is 29.9 Å². The van der Waals surface area contributed by atoms with E-state index < -0.39 is 0 Å². The van der Waals surface area contributed by atoms with Crippen molar-refractivity contribution >= 4 is 0 Å². The number of hydrogen-bond donors (Lipinski definition) is 1. The lowest BCUT2D eigenvalue weighted by molar-refractivity contribution is 0.516. The third-order valence-electron chi connectivity index (χ3n) is 2.73. The summed E-state index contributed by atoms with van der Waals surface area (Å²) in [6, 6.07) is 2.41. The molecule has 6 heteroatoms. The van der Waals surface area contributed by atoms with Gasteiger partial charge in [0.05, 0.1) is 18.8 Å². The van der Waals surface area contributed by atoms with E-state index in [2.05, 4.69) is 41.3 Å². The number of nitrogens with one attached hydrogen (secondary N) is 1. The Balaban J connectivity index is 2.06. The molecule has 0 spiro atoms. The predicted octanol–water partition coefficient (Wildman–Crippen LogP) is 1.21. The molecule has 6 nitrogen and oxygen atoms in total. The highest BCUT2D eigenvalue weighted by molar-refractivity contribution is 5.01. The Hall–Kier alpha value is -1.69. The summed E-state index contributed by atoms with van der Waals surface area (Å²) in [6.07, 6.45) is 3.59. The fraction of sp³-hybridized carbons (Fsp3) is 0.583. The molecule has 2 heterocycles. The van der Waals surface area contributed by atoms with Crippen LogP contribution in [-0.4, -0.2) is 31.1 Å². The fourth-order valence-electron chi connectivity index (χ4n) is 1.70. The van der Waals surface area contributed by atoms with Gasteiger partial charge >= 0.3 is 0 Å². The van der Waals surface area contributed by atoms with E-state index >= 15 is 0 Å². The topological polar surface area (TPSA) is 60.6 Å². The van der Waals surface area contributed by atoms with Gasteiger partial charge in [0.25, 0.3) is 0 Å². The third kappa shape index (κ3) is 2.95. The zero-order chi connectivity index (χ0) is 13.0. The molecule has 2 aromatic rings. The molecule has 2 rings (SSSR count). The van der Waals surface area contributed by atoms with E-state index in [0.717, 1.165) is 24.6 Å². The van der Waals surface area contributed by atoms with Gasteiger partial charge in [-0.2, -0.15) is 10.2 Å². The minimum atomic E-state index is 0.385. The highest BCUT2D eigenvalue weighted by Gasteiger charge is 2.07. The summed E-state index contributed by atoms with van der Waals surface area (Å²) in [7, 11) is 0. The van der Waals surface area contributed by atoms with Crippen LogP contribution in [0.5, 0.6) is 0 Å². The van der Waals surface area contributed by atoms with Crippen LogP contribution in [0.4, 0.5) is 0 Å². The summed E-state index contributed by atoms with van der Waals surface area (Å²) >= 11 is 0. The molecular weight excluding hydrogens is 228 g/mol. The number of aromatic nitrogens is 5. The summed E-state index contributed by atoms with van der Waals surface area (Å²) in [4.78, 5) is 4.25. The maximum Gasteiger partial charge on any atom is 0.141 e. The molecule has 0 saturated heterocycles. The van der Waals surface area contributed by atoms with Crippen LogP contribution >= 0.6 is 0 Å². The van der Waals surface area contributed by atoms with Gasteiger partial charge in [0.1, 0.15) is 12.2 Å². The summed E-state index contributed by atoms with van der Waals surface area (Å²) in [6.45, 7) is 8.63. The Labute approximate surface area is 107 Å². The number of nitrogens with zero attached hydrogens (tertiary/aromatic N) is 5. The Morgan fingerprint density at radius 2 is 2.22 bits per heavy atom. The Kier molecular flexibility index (Phi) is 4.09. The van der Waals surface area contributed by atoms with Crippen LogP contribution in [0.1, 0.15) is 38.3 Å². The van der Waals surface area contributed by atoms with E-state index in [0.29, 0.717) is 12.6 Å². The van der Waals surface area contributed by atoms with Crippen molar-refractivity contribution in [2.75, 3.05) is 6.54 Å². The van der Waals surface area contributed by atoms with Crippen LogP contribution in [0.25, 0.3) is 0 Å². The molecule has 0 aromatic carbocycles. The SMILES string of the molecule is CCNCc1ncnn1Cc1ccn(C(C)C)n1. The first-order valence-corrected chi connectivity index (χ1v) is 6.32. The van der Waals surface area contributed by atoms with Gasteiger partial charge in [-0.15, -0.1) is 0 Å². The molecule has 0 atom stereocenters. The molecule has 98 valence electrons. The smallest absolute Gasteiger partial charge is 0.141 e. The van der Waals surface area contributed by atoms with Crippen molar-refractivity contribution in [3.05, 3.63) is 30.1 Å². The van der Waals surface area contributed by atoms with Gasteiger partial charge < -0.3 is 5.32 Å². The van der Waals surface area contributed by atoms with Crippen molar-refractivity contribution < 1.29 is 0 Å². The van der Waals surface area contributed by atoms with E-state index in [1.54, 1.807) is 6.33 Å². The molecule has 0 aliphatic carbocycles. The van der Waals surface area contributed by atoms with Crippen LogP contribution in [0, 0.1) is 0 Å². The Bertz CT molecular complexity index is 484. The Morgan fingerprint density at radius 3 is 2.89 bits per heavy atom. The largest absolute Gasteiger partial charge is 0.310 e. The van der Waals surface area contributed by atoms with Gasteiger partial charge in [0.15, 0.2) is 0 Å². The van der Waals surface area contributed by atoms with Gasteiger partial charge in [-0.1, -0.05) is 6.92 Å². The molecule has 1 N–H and O–H groups in total. The normalized spacial score (nSPS) is 11.3. The van der Waals surface area contributed by atoms with Gasteiger partial charge in [-0.05, 0) is 26.5 Å². The summed E-state index contributed by atoms with van der Waals surface area (Å²) in [5, 5.41) is 12.0. The molecule has 0 aliphatic heterocycles. The van der Waals surface area contributed by atoms with Crippen LogP contribution in [0.2, 0.25) is 0 Å². The highest BCUT2D eigenvalue weighted by Crippen LogP contribution is 2.06. The lowest BCUT2D eigenvalue weighted by Gasteiger charge is -2.06. The molecular formula is C12H20N6. The van der Waals surface area contributed by atoms with Crippen LogP contribution in [-0.2, 0) is 13.1 Å². The summed E-state index contributed by atoms with van der Waals surface area (Å²) in [5.74, 6) is 0.941. The predicted molar refractivity (Wildman–Crippen MR) is 69.1 cm³/mol. The molecule has 0 bridgehead atoms. The molecule has 0 saturated carbocycles. The first kappa shape index (κ1) is 12.8. The second kappa shape index (κ2) is 5.77. The molecule has 18 heavy (non-hydrogen) atoms. The zero-order valence-electron chi connectivity index (χ0n) is 11.2. The minimum Gasteiger partial charge on any atom is -0.310 e. The van der Waals surface area contributed by atoms with Crippen LogP contribution in [0.15, 0.2) is 18.6 Å². The van der Waals surface area contributed by atoms with Crippen molar-refractivity contribution in [3.63, 3.8) is 0 Å². The van der Waals surface area contributed by atoms with E-state index in [4.69, 9.17) is 0 Å². The van der Waals surface area contributed by atoms with Gasteiger partial charge in [0, 0.05) is 12.2 Å². The molecule has 0 aliphatic rings. The zero-order valence-corrected chi connectivity index (χ0v) is 11.2. The molecule has 2 aromatic heterocycles. The first-order chi connectivity index (χ1) is 8.70. The van der Waals surface area contributed by atoms with E-state index in [1.807, 2.05) is 21.6 Å². The van der Waals surface area contributed by atoms with Crippen LogP contribution < -0.4 is 5.32 Å². The van der Waals surface area contributed by atoms with Crippen molar-refractivity contribution in [1.29, 1.82) is 0 Å². The fourth-order valence-corrected chi connectivity index (χ4v) is 1.70. The average Bonchev–Trinajstić information content (AvgIpc) is 2.96. The maximum atomic E-state index is 4.51. The van der Waals surface area contributed by atoms with E-state index in [9.17, 15) is 0 Å². The Morgan fingerprint density at radius 1 is 1.39 bits per heavy atom. The summed E-state index contributed by atoms with van der Waals surface area (Å²) in [5.41, 5.74) is 1.01.